The molecule has 0 atom stereocenters. The van der Waals surface area contributed by atoms with Gasteiger partial charge in [-0.2, -0.15) is 0 Å². The molecule has 0 bridgehead atoms. The van der Waals surface area contributed by atoms with Crippen molar-refractivity contribution in [3.63, 3.8) is 0 Å². The van der Waals surface area contributed by atoms with Crippen LogP contribution in [0, 0.1) is 5.41 Å². The van der Waals surface area contributed by atoms with E-state index < -0.39 is 5.41 Å². The van der Waals surface area contributed by atoms with Gasteiger partial charge >= 0.3 is 0 Å². The number of anilines is 1. The Hall–Kier alpha value is -2.70. The van der Waals surface area contributed by atoms with Crippen LogP contribution >= 0.6 is 0 Å². The molecular weight excluding hydrogens is 390 g/mol. The molecule has 1 saturated heterocycles. The minimum Gasteiger partial charge on any atom is -0.393 e. The molecule has 31 heavy (non-hydrogen) atoms. The maximum Gasteiger partial charge on any atom is 0.251 e. The minimum absolute atomic E-state index is 0.0918. The number of hydrogen-bond acceptors (Lipinski definition) is 4. The summed E-state index contributed by atoms with van der Waals surface area (Å²) < 4.78 is 0. The fourth-order valence-electron chi connectivity index (χ4n) is 3.44. The molecule has 1 fully saturated rings. The molecule has 2 aromatic rings. The zero-order valence-electron chi connectivity index (χ0n) is 18.6. The van der Waals surface area contributed by atoms with E-state index in [0.29, 0.717) is 17.8 Å². The number of aliphatic hydroxyl groups is 1. The second kappa shape index (κ2) is 10.1. The molecule has 166 valence electrons. The number of likely N-dealkylation sites (tertiary alicyclic amines) is 1. The Kier molecular flexibility index (Phi) is 7.46. The fraction of sp³-hybridized carbons (Fsp3) is 0.440. The summed E-state index contributed by atoms with van der Waals surface area (Å²) in [5, 5.41) is 15.4. The van der Waals surface area contributed by atoms with Crippen LogP contribution < -0.4 is 10.6 Å². The van der Waals surface area contributed by atoms with E-state index in [1.54, 1.807) is 24.3 Å². The number of piperidine rings is 1. The number of rotatable bonds is 6. The number of carbonyl (C=O) groups excluding carboxylic acids is 2. The van der Waals surface area contributed by atoms with Crippen LogP contribution in [-0.2, 0) is 17.9 Å². The largest absolute Gasteiger partial charge is 0.393 e. The molecule has 1 aliphatic heterocycles. The van der Waals surface area contributed by atoms with Crippen molar-refractivity contribution in [2.24, 2.45) is 5.41 Å². The summed E-state index contributed by atoms with van der Waals surface area (Å²) in [5.41, 5.74) is 2.88. The second-order valence-electron chi connectivity index (χ2n) is 9.29. The normalized spacial score (nSPS) is 15.5. The van der Waals surface area contributed by atoms with Crippen LogP contribution in [0.25, 0.3) is 0 Å². The van der Waals surface area contributed by atoms with Gasteiger partial charge < -0.3 is 15.7 Å². The van der Waals surface area contributed by atoms with Crippen molar-refractivity contribution in [3.8, 4) is 0 Å². The van der Waals surface area contributed by atoms with Crippen molar-refractivity contribution >= 4 is 17.5 Å². The van der Waals surface area contributed by atoms with E-state index in [4.69, 9.17) is 0 Å². The summed E-state index contributed by atoms with van der Waals surface area (Å²) in [6.45, 7) is 8.71. The smallest absolute Gasteiger partial charge is 0.251 e. The van der Waals surface area contributed by atoms with E-state index in [1.165, 1.54) is 5.56 Å². The predicted molar refractivity (Wildman–Crippen MR) is 123 cm³/mol. The van der Waals surface area contributed by atoms with Crippen LogP contribution in [0.15, 0.2) is 48.5 Å². The molecule has 2 aromatic carbocycles. The molecule has 0 radical (unpaired) electrons. The fourth-order valence-corrected chi connectivity index (χ4v) is 3.44. The van der Waals surface area contributed by atoms with Crippen LogP contribution in [0.4, 0.5) is 5.69 Å². The quantitative estimate of drug-likeness (QED) is 0.664. The van der Waals surface area contributed by atoms with E-state index in [9.17, 15) is 14.7 Å². The van der Waals surface area contributed by atoms with E-state index in [2.05, 4.69) is 27.7 Å². The molecule has 1 aliphatic rings. The molecule has 6 nitrogen and oxygen atoms in total. The Labute approximate surface area is 184 Å². The molecular formula is C25H33N3O3. The third-order valence-electron chi connectivity index (χ3n) is 5.50. The van der Waals surface area contributed by atoms with E-state index in [1.807, 2.05) is 32.9 Å². The predicted octanol–water partition coefficient (Wildman–Crippen LogP) is 3.56. The van der Waals surface area contributed by atoms with E-state index in [0.717, 1.165) is 38.0 Å². The Morgan fingerprint density at radius 2 is 1.68 bits per heavy atom. The number of amides is 2. The van der Waals surface area contributed by atoms with Gasteiger partial charge in [0.15, 0.2) is 0 Å². The number of carbonyl (C=O) groups is 2. The lowest BCUT2D eigenvalue weighted by Crippen LogP contribution is -2.35. The van der Waals surface area contributed by atoms with Crippen LogP contribution in [0.1, 0.15) is 55.1 Å². The lowest BCUT2D eigenvalue weighted by atomic mass is 9.95. The second-order valence-corrected chi connectivity index (χ2v) is 9.29. The first-order chi connectivity index (χ1) is 14.7. The standard InChI is InChI=1S/C25H33N3O3/c1-25(2,3)24(31)27-21-6-4-5-20(15-21)23(30)26-16-18-7-9-19(10-8-18)17-28-13-11-22(29)12-14-28/h4-10,15,22,29H,11-14,16-17H2,1-3H3,(H,26,30)(H,27,31). The van der Waals surface area contributed by atoms with Crippen molar-refractivity contribution in [2.45, 2.75) is 52.8 Å². The highest BCUT2D eigenvalue weighted by Gasteiger charge is 2.21. The molecule has 0 aliphatic carbocycles. The third kappa shape index (κ3) is 6.91. The van der Waals surface area contributed by atoms with Gasteiger partial charge in [0.05, 0.1) is 6.10 Å². The number of aliphatic hydroxyl groups excluding tert-OH is 1. The summed E-state index contributed by atoms with van der Waals surface area (Å²) in [4.78, 5) is 27.1. The number of hydrogen-bond donors (Lipinski definition) is 3. The highest BCUT2D eigenvalue weighted by molar-refractivity contribution is 5.98. The van der Waals surface area contributed by atoms with Crippen LogP contribution in [0.5, 0.6) is 0 Å². The number of nitrogens with one attached hydrogen (secondary N) is 2. The molecule has 0 aromatic heterocycles. The lowest BCUT2D eigenvalue weighted by molar-refractivity contribution is -0.123. The SMILES string of the molecule is CC(C)(C)C(=O)Nc1cccc(C(=O)NCc2ccc(CN3CCC(O)CC3)cc2)c1. The van der Waals surface area contributed by atoms with Crippen molar-refractivity contribution in [1.29, 1.82) is 0 Å². The lowest BCUT2D eigenvalue weighted by Gasteiger charge is -2.29. The molecule has 3 rings (SSSR count). The van der Waals surface area contributed by atoms with Gasteiger partial charge in [0.25, 0.3) is 5.91 Å². The van der Waals surface area contributed by atoms with E-state index >= 15 is 0 Å². The summed E-state index contributed by atoms with van der Waals surface area (Å²) in [6.07, 6.45) is 1.52. The first-order valence-corrected chi connectivity index (χ1v) is 10.9. The van der Waals surface area contributed by atoms with Gasteiger partial charge in [0.1, 0.15) is 0 Å². The molecule has 0 unspecified atom stereocenters. The van der Waals surface area contributed by atoms with E-state index in [-0.39, 0.29) is 17.9 Å². The van der Waals surface area contributed by atoms with Crippen LogP contribution in [0.3, 0.4) is 0 Å². The minimum atomic E-state index is -0.500. The Balaban J connectivity index is 1.51. The Morgan fingerprint density at radius 1 is 1.03 bits per heavy atom. The monoisotopic (exact) mass is 423 g/mol. The highest BCUT2D eigenvalue weighted by Crippen LogP contribution is 2.18. The van der Waals surface area contributed by atoms with Gasteiger partial charge in [-0.3, -0.25) is 14.5 Å². The zero-order valence-corrected chi connectivity index (χ0v) is 18.6. The number of nitrogens with zero attached hydrogens (tertiary/aromatic N) is 1. The maximum absolute atomic E-state index is 12.6. The molecule has 0 saturated carbocycles. The van der Waals surface area contributed by atoms with Crippen molar-refractivity contribution in [2.75, 3.05) is 18.4 Å². The molecule has 3 N–H and O–H groups in total. The summed E-state index contributed by atoms with van der Waals surface area (Å²) in [6, 6.07) is 15.2. The van der Waals surface area contributed by atoms with Crippen molar-refractivity contribution in [3.05, 3.63) is 65.2 Å². The zero-order chi connectivity index (χ0) is 22.4. The maximum atomic E-state index is 12.6. The summed E-state index contributed by atoms with van der Waals surface area (Å²) in [7, 11) is 0. The van der Waals surface area contributed by atoms with Crippen LogP contribution in [-0.4, -0.2) is 41.0 Å². The van der Waals surface area contributed by atoms with Gasteiger partial charge in [-0.25, -0.2) is 0 Å². The van der Waals surface area contributed by atoms with Gasteiger partial charge in [-0.15, -0.1) is 0 Å². The molecule has 0 spiro atoms. The average molecular weight is 424 g/mol. The first kappa shape index (κ1) is 23.0. The Bertz CT molecular complexity index is 895. The summed E-state index contributed by atoms with van der Waals surface area (Å²) in [5.74, 6) is -0.270. The molecule has 1 heterocycles. The van der Waals surface area contributed by atoms with Crippen LogP contribution in [0.2, 0.25) is 0 Å². The van der Waals surface area contributed by atoms with Gasteiger partial charge in [-0.05, 0) is 42.2 Å². The van der Waals surface area contributed by atoms with Gasteiger partial charge in [0.2, 0.25) is 5.91 Å². The Morgan fingerprint density at radius 3 is 2.32 bits per heavy atom. The molecule has 2 amide bonds. The molecule has 6 heteroatoms. The van der Waals surface area contributed by atoms with Gasteiger partial charge in [-0.1, -0.05) is 51.1 Å². The summed E-state index contributed by atoms with van der Waals surface area (Å²) >= 11 is 0. The number of benzene rings is 2. The van der Waals surface area contributed by atoms with Gasteiger partial charge in [0, 0.05) is 42.8 Å². The average Bonchev–Trinajstić information content (AvgIpc) is 2.74. The third-order valence-corrected chi connectivity index (χ3v) is 5.50. The van der Waals surface area contributed by atoms with Crippen molar-refractivity contribution < 1.29 is 14.7 Å². The van der Waals surface area contributed by atoms with Crippen molar-refractivity contribution in [1.82, 2.24) is 10.2 Å². The first-order valence-electron chi connectivity index (χ1n) is 10.9. The topological polar surface area (TPSA) is 81.7 Å². The highest BCUT2D eigenvalue weighted by atomic mass is 16.3.